The Morgan fingerprint density at radius 2 is 1.77 bits per heavy atom. The van der Waals surface area contributed by atoms with Crippen LogP contribution >= 0.6 is 34.8 Å². The lowest BCUT2D eigenvalue weighted by Gasteiger charge is -2.20. The first-order valence-corrected chi connectivity index (χ1v) is 7.85. The second-order valence-corrected chi connectivity index (χ2v) is 6.61. The number of carbonyl (C=O) groups is 1. The van der Waals surface area contributed by atoms with Gasteiger partial charge in [0.05, 0.1) is 13.2 Å². The molecular weight excluding hydrogens is 353 g/mol. The van der Waals surface area contributed by atoms with Gasteiger partial charge in [-0.15, -0.1) is 0 Å². The van der Waals surface area contributed by atoms with Gasteiger partial charge < -0.3 is 14.2 Å². The number of nitrogens with one attached hydrogen (secondary N) is 1. The highest BCUT2D eigenvalue weighted by Crippen LogP contribution is 2.33. The maximum atomic E-state index is 11.8. The summed E-state index contributed by atoms with van der Waals surface area (Å²) >= 11 is 16.9. The van der Waals surface area contributed by atoms with Crippen LogP contribution in [0.4, 0.5) is 10.5 Å². The van der Waals surface area contributed by atoms with E-state index in [0.29, 0.717) is 30.4 Å². The Kier molecular flexibility index (Phi) is 7.39. The smallest absolute Gasteiger partial charge is 0.412 e. The van der Waals surface area contributed by atoms with Gasteiger partial charge in [-0.25, -0.2) is 4.79 Å². The standard InChI is InChI=1S/C14H18Cl3NO4/c1-4-20-11-7-6-10(8-12(11)21-5-2)18-13(19)22-9(3)14(15,16)17/h6-9H,4-5H2,1-3H3,(H,18,19). The van der Waals surface area contributed by atoms with E-state index in [0.717, 1.165) is 0 Å². The molecule has 8 heteroatoms. The summed E-state index contributed by atoms with van der Waals surface area (Å²) in [6.07, 6.45) is -1.63. The summed E-state index contributed by atoms with van der Waals surface area (Å²) in [5.74, 6) is 1.12. The third kappa shape index (κ3) is 5.99. The molecule has 1 atom stereocenters. The third-order valence-electron chi connectivity index (χ3n) is 2.53. The Hall–Kier alpha value is -1.04. The van der Waals surface area contributed by atoms with Crippen molar-refractivity contribution in [3.63, 3.8) is 0 Å². The van der Waals surface area contributed by atoms with E-state index < -0.39 is 16.0 Å². The number of carbonyl (C=O) groups excluding carboxylic acids is 1. The van der Waals surface area contributed by atoms with E-state index in [1.165, 1.54) is 6.92 Å². The molecule has 0 saturated carbocycles. The fourth-order valence-corrected chi connectivity index (χ4v) is 1.64. The molecule has 1 aromatic carbocycles. The molecule has 1 unspecified atom stereocenters. The Morgan fingerprint density at radius 1 is 1.18 bits per heavy atom. The molecule has 22 heavy (non-hydrogen) atoms. The van der Waals surface area contributed by atoms with Crippen LogP contribution in [0.5, 0.6) is 11.5 Å². The van der Waals surface area contributed by atoms with Gasteiger partial charge in [0.1, 0.15) is 6.10 Å². The minimum Gasteiger partial charge on any atom is -0.490 e. The van der Waals surface area contributed by atoms with Crippen molar-refractivity contribution in [2.45, 2.75) is 30.7 Å². The Morgan fingerprint density at radius 3 is 2.32 bits per heavy atom. The Bertz CT molecular complexity index is 505. The highest BCUT2D eigenvalue weighted by Gasteiger charge is 2.32. The van der Waals surface area contributed by atoms with Crippen LogP contribution in [0.25, 0.3) is 0 Å². The van der Waals surface area contributed by atoms with Crippen LogP contribution in [0, 0.1) is 0 Å². The molecule has 0 aliphatic heterocycles. The zero-order valence-electron chi connectivity index (χ0n) is 12.5. The molecule has 124 valence electrons. The molecule has 1 N–H and O–H groups in total. The second kappa shape index (κ2) is 8.56. The molecule has 0 radical (unpaired) electrons. The van der Waals surface area contributed by atoms with E-state index in [4.69, 9.17) is 49.0 Å². The summed E-state index contributed by atoms with van der Waals surface area (Å²) in [5, 5.41) is 2.54. The fourth-order valence-electron chi connectivity index (χ4n) is 1.50. The number of alkyl halides is 3. The SMILES string of the molecule is CCOc1ccc(NC(=O)OC(C)C(Cl)(Cl)Cl)cc1OCC. The van der Waals surface area contributed by atoms with Crippen molar-refractivity contribution in [2.24, 2.45) is 0 Å². The van der Waals surface area contributed by atoms with Crippen LogP contribution in [-0.2, 0) is 4.74 Å². The highest BCUT2D eigenvalue weighted by atomic mass is 35.6. The lowest BCUT2D eigenvalue weighted by Crippen LogP contribution is -2.30. The number of halogens is 3. The second-order valence-electron chi connectivity index (χ2n) is 4.24. The molecule has 1 aromatic rings. The van der Waals surface area contributed by atoms with Gasteiger partial charge in [0.2, 0.25) is 3.79 Å². The zero-order valence-corrected chi connectivity index (χ0v) is 14.8. The van der Waals surface area contributed by atoms with Crippen molar-refractivity contribution in [3.8, 4) is 11.5 Å². The van der Waals surface area contributed by atoms with Gasteiger partial charge in [0.25, 0.3) is 0 Å². The first-order chi connectivity index (χ1) is 10.3. The molecule has 0 spiro atoms. The molecule has 0 saturated heterocycles. The molecule has 1 rings (SSSR count). The summed E-state index contributed by atoms with van der Waals surface area (Å²) in [5.41, 5.74) is 0.480. The van der Waals surface area contributed by atoms with Gasteiger partial charge in [-0.3, -0.25) is 5.32 Å². The van der Waals surface area contributed by atoms with Gasteiger partial charge in [-0.05, 0) is 32.9 Å². The summed E-state index contributed by atoms with van der Waals surface area (Å²) in [6, 6.07) is 4.99. The minimum absolute atomic E-state index is 0.471. The number of hydrogen-bond acceptors (Lipinski definition) is 4. The number of rotatable bonds is 6. The number of ether oxygens (including phenoxy) is 3. The van der Waals surface area contributed by atoms with Crippen molar-refractivity contribution in [1.82, 2.24) is 0 Å². The van der Waals surface area contributed by atoms with Crippen molar-refractivity contribution in [2.75, 3.05) is 18.5 Å². The lowest BCUT2D eigenvalue weighted by molar-refractivity contribution is 0.122. The zero-order chi connectivity index (χ0) is 16.8. The van der Waals surface area contributed by atoms with Crippen LogP contribution in [0.15, 0.2) is 18.2 Å². The van der Waals surface area contributed by atoms with Gasteiger partial charge in [0.15, 0.2) is 11.5 Å². The monoisotopic (exact) mass is 369 g/mol. The van der Waals surface area contributed by atoms with Gasteiger partial charge >= 0.3 is 6.09 Å². The van der Waals surface area contributed by atoms with E-state index in [1.54, 1.807) is 18.2 Å². The minimum atomic E-state index is -1.69. The van der Waals surface area contributed by atoms with Crippen molar-refractivity contribution < 1.29 is 19.0 Å². The first-order valence-electron chi connectivity index (χ1n) is 6.71. The molecule has 0 aliphatic carbocycles. The maximum absolute atomic E-state index is 11.8. The summed E-state index contributed by atoms with van der Waals surface area (Å²) < 4.78 is 14.2. The van der Waals surface area contributed by atoms with Crippen LogP contribution in [-0.4, -0.2) is 29.2 Å². The first kappa shape index (κ1) is 19.0. The molecule has 0 fully saturated rings. The van der Waals surface area contributed by atoms with Crippen LogP contribution < -0.4 is 14.8 Å². The van der Waals surface area contributed by atoms with Crippen molar-refractivity contribution in [1.29, 1.82) is 0 Å². The average molecular weight is 371 g/mol. The molecule has 0 bridgehead atoms. The highest BCUT2D eigenvalue weighted by molar-refractivity contribution is 6.68. The van der Waals surface area contributed by atoms with E-state index in [-0.39, 0.29) is 0 Å². The fraction of sp³-hybridized carbons (Fsp3) is 0.500. The van der Waals surface area contributed by atoms with E-state index in [9.17, 15) is 4.79 Å². The molecular formula is C14H18Cl3NO4. The van der Waals surface area contributed by atoms with Gasteiger partial charge in [0, 0.05) is 11.8 Å². The predicted octanol–water partition coefficient (Wildman–Crippen LogP) is 4.79. The average Bonchev–Trinajstić information content (AvgIpc) is 2.41. The number of amides is 1. The van der Waals surface area contributed by atoms with Gasteiger partial charge in [-0.2, -0.15) is 0 Å². The summed E-state index contributed by atoms with van der Waals surface area (Å²) in [4.78, 5) is 11.8. The van der Waals surface area contributed by atoms with Crippen LogP contribution in [0.1, 0.15) is 20.8 Å². The molecule has 1 amide bonds. The maximum Gasteiger partial charge on any atom is 0.412 e. The normalized spacial score (nSPS) is 12.5. The predicted molar refractivity (Wildman–Crippen MR) is 88.6 cm³/mol. The summed E-state index contributed by atoms with van der Waals surface area (Å²) in [6.45, 7) is 6.19. The largest absolute Gasteiger partial charge is 0.490 e. The molecule has 0 aromatic heterocycles. The third-order valence-corrected chi connectivity index (χ3v) is 3.46. The van der Waals surface area contributed by atoms with Crippen LogP contribution in [0.2, 0.25) is 0 Å². The number of benzene rings is 1. The van der Waals surface area contributed by atoms with Crippen molar-refractivity contribution in [3.05, 3.63) is 18.2 Å². The Labute approximate surface area is 144 Å². The van der Waals surface area contributed by atoms with E-state index in [2.05, 4.69) is 5.32 Å². The molecule has 0 heterocycles. The number of hydrogen-bond donors (Lipinski definition) is 1. The number of anilines is 1. The topological polar surface area (TPSA) is 56.8 Å². The Balaban J connectivity index is 2.76. The molecule has 5 nitrogen and oxygen atoms in total. The van der Waals surface area contributed by atoms with E-state index in [1.807, 2.05) is 13.8 Å². The van der Waals surface area contributed by atoms with Gasteiger partial charge in [-0.1, -0.05) is 34.8 Å². The quantitative estimate of drug-likeness (QED) is 0.731. The van der Waals surface area contributed by atoms with E-state index >= 15 is 0 Å². The van der Waals surface area contributed by atoms with Crippen molar-refractivity contribution >= 4 is 46.6 Å². The summed E-state index contributed by atoms with van der Waals surface area (Å²) in [7, 11) is 0. The molecule has 0 aliphatic rings. The van der Waals surface area contributed by atoms with Crippen LogP contribution in [0.3, 0.4) is 0 Å². The lowest BCUT2D eigenvalue weighted by atomic mass is 10.2.